The monoisotopic (exact) mass is 193 g/mol. The molecule has 14 heavy (non-hydrogen) atoms. The van der Waals surface area contributed by atoms with Crippen LogP contribution in [0.2, 0.25) is 0 Å². The molecule has 4 nitrogen and oxygen atoms in total. The minimum atomic E-state index is 0.899. The average Bonchev–Trinajstić information content (AvgIpc) is 2.18. The van der Waals surface area contributed by atoms with Gasteiger partial charge in [-0.15, -0.1) is 0 Å². The van der Waals surface area contributed by atoms with Crippen molar-refractivity contribution in [3.05, 3.63) is 17.5 Å². The predicted octanol–water partition coefficient (Wildman–Crippen LogP) is -0.523. The molecule has 0 unspecified atom stereocenters. The van der Waals surface area contributed by atoms with Gasteiger partial charge in [-0.05, 0) is 19.9 Å². The lowest BCUT2D eigenvalue weighted by molar-refractivity contribution is -0.655. The van der Waals surface area contributed by atoms with Gasteiger partial charge >= 0.3 is 0 Å². The van der Waals surface area contributed by atoms with Crippen LogP contribution >= 0.6 is 0 Å². The van der Waals surface area contributed by atoms with Gasteiger partial charge in [0.2, 0.25) is 5.95 Å². The summed E-state index contributed by atoms with van der Waals surface area (Å²) in [6, 6.07) is 2.01. The third-order valence-corrected chi connectivity index (χ3v) is 2.46. The Balaban J connectivity index is 2.21. The molecule has 0 bridgehead atoms. The molecular weight excluding hydrogens is 176 g/mol. The second-order valence-electron chi connectivity index (χ2n) is 3.80. The molecule has 2 N–H and O–H groups in total. The van der Waals surface area contributed by atoms with Gasteiger partial charge in [0.1, 0.15) is 0 Å². The minimum absolute atomic E-state index is 0.899. The standard InChI is InChI=1S/C10H16N4/c1-8-7-9(2)13-10(12-8)14-5-3-11-4-6-14/h7,11H,3-6H2,1-2H3/p+1. The van der Waals surface area contributed by atoms with E-state index in [2.05, 4.69) is 20.2 Å². The number of piperazine rings is 1. The van der Waals surface area contributed by atoms with E-state index in [4.69, 9.17) is 0 Å². The van der Waals surface area contributed by atoms with Crippen molar-refractivity contribution in [3.8, 4) is 0 Å². The van der Waals surface area contributed by atoms with E-state index in [1.165, 1.54) is 0 Å². The number of hydrogen-bond donors (Lipinski definition) is 1. The number of aryl methyl sites for hydroxylation is 2. The molecule has 1 saturated heterocycles. The first-order valence-electron chi connectivity index (χ1n) is 5.14. The van der Waals surface area contributed by atoms with Gasteiger partial charge in [0.05, 0.1) is 26.2 Å². The van der Waals surface area contributed by atoms with E-state index in [-0.39, 0.29) is 0 Å². The van der Waals surface area contributed by atoms with Gasteiger partial charge in [-0.25, -0.2) is 9.97 Å². The Labute approximate surface area is 84.4 Å². The maximum Gasteiger partial charge on any atom is 0.226 e. The highest BCUT2D eigenvalue weighted by Gasteiger charge is 2.15. The molecule has 0 radical (unpaired) electrons. The molecule has 0 atom stereocenters. The summed E-state index contributed by atoms with van der Waals surface area (Å²) in [6.45, 7) is 8.46. The summed E-state index contributed by atoms with van der Waals surface area (Å²) in [6.07, 6.45) is 0. The highest BCUT2D eigenvalue weighted by molar-refractivity contribution is 5.32. The van der Waals surface area contributed by atoms with Crippen LogP contribution in [0.1, 0.15) is 11.4 Å². The third kappa shape index (κ3) is 2.01. The van der Waals surface area contributed by atoms with Crippen molar-refractivity contribution in [2.45, 2.75) is 13.8 Å². The molecule has 4 heteroatoms. The molecular formula is C10H17N4+. The Kier molecular flexibility index (Phi) is 2.63. The van der Waals surface area contributed by atoms with Crippen LogP contribution in [0.5, 0.6) is 0 Å². The van der Waals surface area contributed by atoms with E-state index in [0.717, 1.165) is 43.5 Å². The molecule has 2 heterocycles. The molecule has 0 saturated carbocycles. The normalized spacial score (nSPS) is 17.1. The quantitative estimate of drug-likeness (QED) is 0.652. The van der Waals surface area contributed by atoms with Gasteiger partial charge < -0.3 is 10.2 Å². The van der Waals surface area contributed by atoms with E-state index in [0.29, 0.717) is 0 Å². The van der Waals surface area contributed by atoms with Crippen LogP contribution in [0.3, 0.4) is 0 Å². The summed E-state index contributed by atoms with van der Waals surface area (Å²) in [7, 11) is 0. The summed E-state index contributed by atoms with van der Waals surface area (Å²) in [5.41, 5.74) is 2.11. The first-order valence-corrected chi connectivity index (χ1v) is 5.14. The molecule has 1 aromatic heterocycles. The smallest absolute Gasteiger partial charge is 0.226 e. The molecule has 1 aromatic rings. The van der Waals surface area contributed by atoms with Gasteiger partial charge in [0, 0.05) is 11.4 Å². The van der Waals surface area contributed by atoms with Crippen molar-refractivity contribution in [1.82, 2.24) is 9.97 Å². The zero-order chi connectivity index (χ0) is 9.97. The fourth-order valence-corrected chi connectivity index (χ4v) is 1.80. The van der Waals surface area contributed by atoms with Crippen LogP contribution in [0.4, 0.5) is 5.95 Å². The molecule has 0 amide bonds. The minimum Gasteiger partial charge on any atom is -0.343 e. The Morgan fingerprint density at radius 3 is 2.29 bits per heavy atom. The third-order valence-electron chi connectivity index (χ3n) is 2.46. The van der Waals surface area contributed by atoms with E-state index < -0.39 is 0 Å². The van der Waals surface area contributed by atoms with Crippen molar-refractivity contribution in [2.24, 2.45) is 0 Å². The van der Waals surface area contributed by atoms with Gasteiger partial charge in [0.15, 0.2) is 0 Å². The number of quaternary nitrogens is 1. The van der Waals surface area contributed by atoms with Crippen molar-refractivity contribution >= 4 is 5.95 Å². The Morgan fingerprint density at radius 1 is 1.14 bits per heavy atom. The lowest BCUT2D eigenvalue weighted by Gasteiger charge is -2.25. The second kappa shape index (κ2) is 3.92. The van der Waals surface area contributed by atoms with E-state index in [1.807, 2.05) is 19.9 Å². The fourth-order valence-electron chi connectivity index (χ4n) is 1.80. The highest BCUT2D eigenvalue weighted by atomic mass is 15.3. The molecule has 0 aliphatic carbocycles. The topological polar surface area (TPSA) is 45.6 Å². The summed E-state index contributed by atoms with van der Waals surface area (Å²) in [5.74, 6) is 0.899. The number of aromatic nitrogens is 2. The first kappa shape index (κ1) is 9.40. The fraction of sp³-hybridized carbons (Fsp3) is 0.600. The van der Waals surface area contributed by atoms with Crippen molar-refractivity contribution < 1.29 is 5.32 Å². The molecule has 0 aromatic carbocycles. The summed E-state index contributed by atoms with van der Waals surface area (Å²) < 4.78 is 0. The highest BCUT2D eigenvalue weighted by Crippen LogP contribution is 2.09. The van der Waals surface area contributed by atoms with Gasteiger partial charge in [-0.2, -0.15) is 0 Å². The van der Waals surface area contributed by atoms with Crippen molar-refractivity contribution in [1.29, 1.82) is 0 Å². The van der Waals surface area contributed by atoms with E-state index in [9.17, 15) is 0 Å². The second-order valence-corrected chi connectivity index (χ2v) is 3.80. The molecule has 0 spiro atoms. The lowest BCUT2D eigenvalue weighted by atomic mass is 10.3. The number of rotatable bonds is 1. The maximum atomic E-state index is 4.46. The number of nitrogens with zero attached hydrogens (tertiary/aromatic N) is 3. The van der Waals surface area contributed by atoms with Crippen molar-refractivity contribution in [3.63, 3.8) is 0 Å². The molecule has 76 valence electrons. The summed E-state index contributed by atoms with van der Waals surface area (Å²) >= 11 is 0. The van der Waals surface area contributed by atoms with Crippen LogP contribution in [-0.4, -0.2) is 36.1 Å². The van der Waals surface area contributed by atoms with E-state index >= 15 is 0 Å². The van der Waals surface area contributed by atoms with E-state index in [1.54, 1.807) is 0 Å². The maximum absolute atomic E-state index is 4.46. The van der Waals surface area contributed by atoms with Gasteiger partial charge in [-0.3, -0.25) is 0 Å². The zero-order valence-corrected chi connectivity index (χ0v) is 8.82. The van der Waals surface area contributed by atoms with Crippen LogP contribution in [0.15, 0.2) is 6.07 Å². The Bertz CT molecular complexity index is 298. The van der Waals surface area contributed by atoms with Crippen LogP contribution in [0, 0.1) is 13.8 Å². The zero-order valence-electron chi connectivity index (χ0n) is 8.82. The summed E-state index contributed by atoms with van der Waals surface area (Å²) in [5, 5.41) is 2.33. The molecule has 1 aliphatic heterocycles. The van der Waals surface area contributed by atoms with Crippen molar-refractivity contribution in [2.75, 3.05) is 31.1 Å². The SMILES string of the molecule is Cc1cc(C)nc(N2CC[NH2+]CC2)n1. The first-order chi connectivity index (χ1) is 6.75. The van der Waals surface area contributed by atoms with Gasteiger partial charge in [-0.1, -0.05) is 0 Å². The molecule has 2 rings (SSSR count). The average molecular weight is 193 g/mol. The predicted molar refractivity (Wildman–Crippen MR) is 55.4 cm³/mol. The summed E-state index contributed by atoms with van der Waals surface area (Å²) in [4.78, 5) is 11.2. The van der Waals surface area contributed by atoms with Gasteiger partial charge in [0.25, 0.3) is 0 Å². The number of anilines is 1. The Morgan fingerprint density at radius 2 is 1.71 bits per heavy atom. The van der Waals surface area contributed by atoms with Crippen LogP contribution in [-0.2, 0) is 0 Å². The number of nitrogens with two attached hydrogens (primary N) is 1. The molecule has 1 fully saturated rings. The van der Waals surface area contributed by atoms with Crippen LogP contribution in [0.25, 0.3) is 0 Å². The number of hydrogen-bond acceptors (Lipinski definition) is 3. The largest absolute Gasteiger partial charge is 0.343 e. The Hall–Kier alpha value is -1.16. The lowest BCUT2D eigenvalue weighted by Crippen LogP contribution is -2.89. The molecule has 1 aliphatic rings. The van der Waals surface area contributed by atoms with Crippen LogP contribution < -0.4 is 10.2 Å².